The number of aliphatic carboxylic acids is 1. The molecule has 0 saturated carbocycles. The van der Waals surface area contributed by atoms with E-state index in [0.29, 0.717) is 50.2 Å². The van der Waals surface area contributed by atoms with Crippen molar-refractivity contribution in [2.24, 2.45) is 0 Å². The fourth-order valence-corrected chi connectivity index (χ4v) is 4.26. The number of carboxylic acid groups (broad SMARTS) is 1. The third-order valence-corrected chi connectivity index (χ3v) is 6.22. The fourth-order valence-electron chi connectivity index (χ4n) is 3.10. The molecular formula is C23H19Cl2NO6S. The smallest absolute Gasteiger partial charge is 0.323 e. The molecule has 1 saturated heterocycles. The van der Waals surface area contributed by atoms with Crippen molar-refractivity contribution in [3.05, 3.63) is 74.6 Å². The van der Waals surface area contributed by atoms with Crippen molar-refractivity contribution in [2.75, 3.05) is 13.7 Å². The topological polar surface area (TPSA) is 93.1 Å². The van der Waals surface area contributed by atoms with Crippen LogP contribution in [0.3, 0.4) is 0 Å². The van der Waals surface area contributed by atoms with Crippen molar-refractivity contribution >= 4 is 58.2 Å². The third kappa shape index (κ3) is 5.90. The highest BCUT2D eigenvalue weighted by Crippen LogP contribution is 2.37. The van der Waals surface area contributed by atoms with Gasteiger partial charge in [0.15, 0.2) is 11.5 Å². The summed E-state index contributed by atoms with van der Waals surface area (Å²) in [5.74, 6) is -1.00. The third-order valence-electron chi connectivity index (χ3n) is 4.57. The quantitative estimate of drug-likeness (QED) is 0.357. The van der Waals surface area contributed by atoms with Crippen molar-refractivity contribution < 1.29 is 29.0 Å². The van der Waals surface area contributed by atoms with E-state index in [2.05, 4.69) is 6.58 Å². The molecule has 0 spiro atoms. The normalized spacial score (nSPS) is 14.6. The molecule has 1 aliphatic rings. The van der Waals surface area contributed by atoms with Crippen molar-refractivity contribution in [3.63, 3.8) is 0 Å². The Bertz CT molecular complexity index is 1160. The van der Waals surface area contributed by atoms with Crippen LogP contribution in [0.15, 0.2) is 47.9 Å². The Balaban J connectivity index is 1.91. The van der Waals surface area contributed by atoms with Gasteiger partial charge in [0, 0.05) is 5.56 Å². The van der Waals surface area contributed by atoms with Gasteiger partial charge in [-0.25, -0.2) is 0 Å². The molecule has 0 radical (unpaired) electrons. The molecule has 0 atom stereocenters. The lowest BCUT2D eigenvalue weighted by Gasteiger charge is -2.16. The molecule has 3 rings (SSSR count). The highest BCUT2D eigenvalue weighted by molar-refractivity contribution is 8.18. The van der Waals surface area contributed by atoms with Crippen LogP contribution in [0.25, 0.3) is 6.08 Å². The number of ether oxygens (including phenoxy) is 2. The number of carbonyl (C=O) groups excluding carboxylic acids is 2. The van der Waals surface area contributed by atoms with Crippen molar-refractivity contribution in [1.29, 1.82) is 0 Å². The van der Waals surface area contributed by atoms with Gasteiger partial charge in [0.2, 0.25) is 0 Å². The van der Waals surface area contributed by atoms with Gasteiger partial charge < -0.3 is 14.6 Å². The molecule has 0 aliphatic carbocycles. The molecule has 2 aromatic rings. The maximum Gasteiger partial charge on any atom is 0.323 e. The molecule has 1 aliphatic heterocycles. The van der Waals surface area contributed by atoms with Crippen molar-refractivity contribution in [3.8, 4) is 11.5 Å². The molecular weight excluding hydrogens is 489 g/mol. The Hall–Kier alpha value is -2.94. The Labute approximate surface area is 204 Å². The van der Waals surface area contributed by atoms with E-state index < -0.39 is 23.7 Å². The van der Waals surface area contributed by atoms with E-state index in [1.54, 1.807) is 36.4 Å². The van der Waals surface area contributed by atoms with Crippen LogP contribution in [0.4, 0.5) is 4.79 Å². The number of hydrogen-bond donors (Lipinski definition) is 1. The average Bonchev–Trinajstić information content (AvgIpc) is 3.02. The van der Waals surface area contributed by atoms with Gasteiger partial charge in [0.1, 0.15) is 13.2 Å². The van der Waals surface area contributed by atoms with E-state index in [4.69, 9.17) is 37.8 Å². The molecule has 2 aromatic carbocycles. The van der Waals surface area contributed by atoms with Crippen LogP contribution in [0, 0.1) is 0 Å². The number of amides is 2. The van der Waals surface area contributed by atoms with Gasteiger partial charge >= 0.3 is 5.97 Å². The lowest BCUT2D eigenvalue weighted by atomic mass is 10.0. The Morgan fingerprint density at radius 2 is 1.97 bits per heavy atom. The van der Waals surface area contributed by atoms with Crippen LogP contribution in [0.2, 0.25) is 10.0 Å². The molecule has 2 amide bonds. The van der Waals surface area contributed by atoms with Gasteiger partial charge in [-0.3, -0.25) is 19.3 Å². The van der Waals surface area contributed by atoms with E-state index in [9.17, 15) is 14.4 Å². The second-order valence-corrected chi connectivity index (χ2v) is 8.71. The maximum atomic E-state index is 12.5. The first-order valence-corrected chi connectivity index (χ1v) is 11.2. The molecule has 0 bridgehead atoms. The summed E-state index contributed by atoms with van der Waals surface area (Å²) in [6.07, 6.45) is 3.67. The molecule has 1 fully saturated rings. The summed E-state index contributed by atoms with van der Waals surface area (Å²) < 4.78 is 11.5. The molecule has 7 nitrogen and oxygen atoms in total. The largest absolute Gasteiger partial charge is 0.493 e. The lowest BCUT2D eigenvalue weighted by Crippen LogP contribution is -2.33. The number of halogens is 2. The number of carbonyl (C=O) groups is 3. The second-order valence-electron chi connectivity index (χ2n) is 6.90. The average molecular weight is 508 g/mol. The van der Waals surface area contributed by atoms with E-state index in [1.807, 2.05) is 0 Å². The van der Waals surface area contributed by atoms with E-state index in [-0.39, 0.29) is 11.5 Å². The van der Waals surface area contributed by atoms with Crippen LogP contribution in [-0.4, -0.2) is 40.8 Å². The maximum absolute atomic E-state index is 12.5. The summed E-state index contributed by atoms with van der Waals surface area (Å²) in [5.41, 5.74) is 2.15. The lowest BCUT2D eigenvalue weighted by molar-refractivity contribution is -0.140. The minimum atomic E-state index is -1.27. The molecule has 172 valence electrons. The molecule has 1 N–H and O–H groups in total. The number of methoxy groups -OCH3 is 1. The summed E-state index contributed by atoms with van der Waals surface area (Å²) in [4.78, 5) is 36.2. The molecule has 1 heterocycles. The zero-order valence-electron chi connectivity index (χ0n) is 17.5. The highest BCUT2D eigenvalue weighted by Gasteiger charge is 2.36. The first kappa shape index (κ1) is 24.7. The summed E-state index contributed by atoms with van der Waals surface area (Å²) >= 11 is 12.7. The second kappa shape index (κ2) is 10.8. The first-order chi connectivity index (χ1) is 15.7. The number of imide groups is 1. The van der Waals surface area contributed by atoms with Gasteiger partial charge in [-0.15, -0.1) is 6.58 Å². The molecule has 10 heteroatoms. The Morgan fingerprint density at radius 1 is 1.21 bits per heavy atom. The minimum Gasteiger partial charge on any atom is -0.493 e. The van der Waals surface area contributed by atoms with Gasteiger partial charge in [-0.2, -0.15) is 0 Å². The van der Waals surface area contributed by atoms with E-state index in [0.717, 1.165) is 11.1 Å². The summed E-state index contributed by atoms with van der Waals surface area (Å²) in [6, 6.07) is 8.66. The fraction of sp³-hybridized carbons (Fsp3) is 0.174. The Kier molecular flexibility index (Phi) is 8.07. The summed E-state index contributed by atoms with van der Waals surface area (Å²) in [5, 5.41) is 9.15. The number of carboxylic acids is 1. The van der Waals surface area contributed by atoms with Gasteiger partial charge in [0.05, 0.1) is 22.1 Å². The van der Waals surface area contributed by atoms with Crippen LogP contribution in [-0.2, 0) is 22.6 Å². The van der Waals surface area contributed by atoms with Crippen molar-refractivity contribution in [1.82, 2.24) is 4.90 Å². The Morgan fingerprint density at radius 3 is 2.61 bits per heavy atom. The zero-order chi connectivity index (χ0) is 24.1. The molecule has 33 heavy (non-hydrogen) atoms. The summed E-state index contributed by atoms with van der Waals surface area (Å²) in [7, 11) is 1.49. The molecule has 0 unspecified atom stereocenters. The highest BCUT2D eigenvalue weighted by atomic mass is 35.5. The van der Waals surface area contributed by atoms with Gasteiger partial charge in [-0.05, 0) is 59.7 Å². The van der Waals surface area contributed by atoms with E-state index in [1.165, 1.54) is 13.2 Å². The standard InChI is InChI=1S/C23H19Cl2NO6S/c1-3-4-15-7-14(10-19-22(29)26(11-20(27)28)23(30)33-19)9-18(31-2)21(15)32-12-13-5-6-16(24)17(25)8-13/h3,5-10H,1,4,11-12H2,2H3,(H,27,28)/b19-10+. The van der Waals surface area contributed by atoms with Crippen LogP contribution >= 0.6 is 35.0 Å². The van der Waals surface area contributed by atoms with Crippen LogP contribution in [0.1, 0.15) is 16.7 Å². The van der Waals surface area contributed by atoms with E-state index >= 15 is 0 Å². The van der Waals surface area contributed by atoms with Gasteiger partial charge in [0.25, 0.3) is 11.1 Å². The monoisotopic (exact) mass is 507 g/mol. The minimum absolute atomic E-state index is 0.123. The number of nitrogens with zero attached hydrogens (tertiary/aromatic N) is 1. The number of rotatable bonds is 9. The van der Waals surface area contributed by atoms with Crippen molar-refractivity contribution in [2.45, 2.75) is 13.0 Å². The number of hydrogen-bond acceptors (Lipinski definition) is 6. The predicted octanol–water partition coefficient (Wildman–Crippen LogP) is 5.43. The van der Waals surface area contributed by atoms with Crippen LogP contribution in [0.5, 0.6) is 11.5 Å². The number of benzene rings is 2. The van der Waals surface area contributed by atoms with Gasteiger partial charge in [-0.1, -0.05) is 35.3 Å². The predicted molar refractivity (Wildman–Crippen MR) is 128 cm³/mol. The zero-order valence-corrected chi connectivity index (χ0v) is 19.8. The number of allylic oxidation sites excluding steroid dienone is 1. The molecule has 0 aromatic heterocycles. The summed E-state index contributed by atoms with van der Waals surface area (Å²) in [6.45, 7) is 3.30. The van der Waals surface area contributed by atoms with Crippen LogP contribution < -0.4 is 9.47 Å². The SMILES string of the molecule is C=CCc1cc(/C=C2/SC(=O)N(CC(=O)O)C2=O)cc(OC)c1OCc1ccc(Cl)c(Cl)c1. The number of thioether (sulfide) groups is 1. The first-order valence-electron chi connectivity index (χ1n) is 9.59.